The van der Waals surface area contributed by atoms with Crippen molar-refractivity contribution >= 4 is 23.2 Å². The molecule has 1 aromatic carbocycles. The molecule has 1 aliphatic rings. The Morgan fingerprint density at radius 1 is 1.33 bits per heavy atom. The third kappa shape index (κ3) is 2.78. The highest BCUT2D eigenvalue weighted by Crippen LogP contribution is 2.33. The number of aryl methyl sites for hydroxylation is 1. The summed E-state index contributed by atoms with van der Waals surface area (Å²) >= 11 is 0. The van der Waals surface area contributed by atoms with Crippen LogP contribution in [0.3, 0.4) is 0 Å². The van der Waals surface area contributed by atoms with E-state index in [0.717, 1.165) is 23.4 Å². The maximum absolute atomic E-state index is 12.8. The number of fused-ring (bicyclic) bond motifs is 1. The molecule has 0 atom stereocenters. The Morgan fingerprint density at radius 2 is 2.12 bits per heavy atom. The molecule has 0 fully saturated rings. The number of carbonyl (C=O) groups is 2. The molecule has 0 unspecified atom stereocenters. The summed E-state index contributed by atoms with van der Waals surface area (Å²) in [6.07, 6.45) is 2.43. The monoisotopic (exact) mass is 327 g/mol. The second kappa shape index (κ2) is 6.45. The van der Waals surface area contributed by atoms with E-state index in [2.05, 4.69) is 10.4 Å². The van der Waals surface area contributed by atoms with E-state index in [9.17, 15) is 9.59 Å². The van der Waals surface area contributed by atoms with Crippen molar-refractivity contribution in [3.8, 4) is 0 Å². The van der Waals surface area contributed by atoms with Crippen LogP contribution in [-0.4, -0.2) is 48.8 Å². The molecule has 7 heteroatoms. The van der Waals surface area contributed by atoms with E-state index in [1.807, 2.05) is 18.2 Å². The van der Waals surface area contributed by atoms with Gasteiger partial charge >= 0.3 is 0 Å². The van der Waals surface area contributed by atoms with E-state index in [1.165, 1.54) is 0 Å². The number of nitrogens with zero attached hydrogens (tertiary/aromatic N) is 4. The first-order chi connectivity index (χ1) is 11.5. The predicted molar refractivity (Wildman–Crippen MR) is 92.4 cm³/mol. The van der Waals surface area contributed by atoms with Gasteiger partial charge in [0.05, 0.1) is 6.54 Å². The second-order valence-corrected chi connectivity index (χ2v) is 5.84. The van der Waals surface area contributed by atoms with Crippen LogP contribution < -0.4 is 15.1 Å². The normalized spacial score (nSPS) is 13.0. The Hall–Kier alpha value is -2.67. The molecular weight excluding hydrogens is 306 g/mol. The minimum Gasteiger partial charge on any atom is -0.314 e. The summed E-state index contributed by atoms with van der Waals surface area (Å²) in [6.45, 7) is 0.905. The molecule has 0 saturated heterocycles. The summed E-state index contributed by atoms with van der Waals surface area (Å²) in [5, 5.41) is 6.92. The van der Waals surface area contributed by atoms with Gasteiger partial charge in [-0.2, -0.15) is 5.10 Å². The van der Waals surface area contributed by atoms with Gasteiger partial charge in [0.1, 0.15) is 5.69 Å². The average Bonchev–Trinajstić information content (AvgIpc) is 3.19. The molecule has 0 saturated carbocycles. The maximum atomic E-state index is 12.8. The van der Waals surface area contributed by atoms with Gasteiger partial charge in [-0.1, -0.05) is 6.07 Å². The lowest BCUT2D eigenvalue weighted by Gasteiger charge is -2.21. The number of benzene rings is 1. The van der Waals surface area contributed by atoms with Crippen LogP contribution in [0, 0.1) is 0 Å². The van der Waals surface area contributed by atoms with Gasteiger partial charge in [-0.15, -0.1) is 0 Å². The fourth-order valence-corrected chi connectivity index (χ4v) is 2.92. The van der Waals surface area contributed by atoms with Gasteiger partial charge < -0.3 is 15.1 Å². The van der Waals surface area contributed by atoms with E-state index in [1.54, 1.807) is 47.9 Å². The molecule has 2 amide bonds. The Morgan fingerprint density at radius 3 is 2.79 bits per heavy atom. The number of amides is 2. The van der Waals surface area contributed by atoms with Gasteiger partial charge in [0, 0.05) is 38.2 Å². The zero-order valence-electron chi connectivity index (χ0n) is 14.1. The molecule has 0 radical (unpaired) electrons. The van der Waals surface area contributed by atoms with Crippen molar-refractivity contribution in [1.82, 2.24) is 15.1 Å². The van der Waals surface area contributed by atoms with Crippen LogP contribution >= 0.6 is 0 Å². The highest BCUT2D eigenvalue weighted by Gasteiger charge is 2.28. The second-order valence-electron chi connectivity index (χ2n) is 5.84. The van der Waals surface area contributed by atoms with Crippen LogP contribution in [-0.2, 0) is 18.3 Å². The Labute approximate surface area is 140 Å². The number of hydrogen-bond acceptors (Lipinski definition) is 4. The number of hydrogen-bond donors (Lipinski definition) is 1. The molecule has 126 valence electrons. The van der Waals surface area contributed by atoms with E-state index in [-0.39, 0.29) is 18.4 Å². The molecule has 24 heavy (non-hydrogen) atoms. The quantitative estimate of drug-likeness (QED) is 0.902. The maximum Gasteiger partial charge on any atom is 0.276 e. The van der Waals surface area contributed by atoms with Crippen molar-refractivity contribution in [3.63, 3.8) is 0 Å². The van der Waals surface area contributed by atoms with Gasteiger partial charge in [0.25, 0.3) is 5.91 Å². The smallest absolute Gasteiger partial charge is 0.276 e. The van der Waals surface area contributed by atoms with Crippen LogP contribution in [0.5, 0.6) is 0 Å². The van der Waals surface area contributed by atoms with Crippen LogP contribution in [0.15, 0.2) is 30.5 Å². The molecule has 0 bridgehead atoms. The number of anilines is 2. The van der Waals surface area contributed by atoms with E-state index < -0.39 is 0 Å². The van der Waals surface area contributed by atoms with E-state index in [4.69, 9.17) is 0 Å². The Kier molecular flexibility index (Phi) is 4.35. The molecule has 1 aliphatic heterocycles. The van der Waals surface area contributed by atoms with Crippen LogP contribution in [0.2, 0.25) is 0 Å². The Bertz CT molecular complexity index is 783. The number of rotatable bonds is 4. The molecule has 7 nitrogen and oxygen atoms in total. The summed E-state index contributed by atoms with van der Waals surface area (Å²) in [5.74, 6) is -0.102. The summed E-state index contributed by atoms with van der Waals surface area (Å²) in [6, 6.07) is 7.53. The van der Waals surface area contributed by atoms with Gasteiger partial charge in [0.2, 0.25) is 5.91 Å². The minimum absolute atomic E-state index is 0.0278. The van der Waals surface area contributed by atoms with E-state index in [0.29, 0.717) is 12.2 Å². The van der Waals surface area contributed by atoms with Crippen LogP contribution in [0.1, 0.15) is 16.1 Å². The van der Waals surface area contributed by atoms with Crippen molar-refractivity contribution < 1.29 is 9.59 Å². The fourth-order valence-electron chi connectivity index (χ4n) is 2.92. The highest BCUT2D eigenvalue weighted by molar-refractivity contribution is 6.06. The zero-order chi connectivity index (χ0) is 17.3. The molecule has 0 spiro atoms. The van der Waals surface area contributed by atoms with Crippen molar-refractivity contribution in [2.75, 3.05) is 37.0 Å². The molecular formula is C17H21N5O2. The van der Waals surface area contributed by atoms with Crippen molar-refractivity contribution in [3.05, 3.63) is 41.7 Å². The zero-order valence-corrected chi connectivity index (χ0v) is 14.1. The standard InChI is InChI=1S/C17H21N5O2/c1-18-11-16(23)20(2)13-5-4-12-7-9-22(15(12)10-13)17(24)14-6-8-19-21(14)3/h4-6,8,10,18H,7,9,11H2,1-3H3. The molecule has 1 aromatic heterocycles. The number of aromatic nitrogens is 2. The number of nitrogens with one attached hydrogen (secondary N) is 1. The predicted octanol–water partition coefficient (Wildman–Crippen LogP) is 0.805. The lowest BCUT2D eigenvalue weighted by molar-refractivity contribution is -0.117. The van der Waals surface area contributed by atoms with Gasteiger partial charge in [-0.25, -0.2) is 0 Å². The molecule has 2 aromatic rings. The third-order valence-corrected chi connectivity index (χ3v) is 4.34. The van der Waals surface area contributed by atoms with Crippen molar-refractivity contribution in [2.45, 2.75) is 6.42 Å². The van der Waals surface area contributed by atoms with Crippen LogP contribution in [0.4, 0.5) is 11.4 Å². The summed E-state index contributed by atoms with van der Waals surface area (Å²) in [5.41, 5.74) is 3.30. The van der Waals surface area contributed by atoms with Crippen LogP contribution in [0.25, 0.3) is 0 Å². The SMILES string of the molecule is CNCC(=O)N(C)c1ccc2c(c1)N(C(=O)c1ccnn1C)CC2. The molecule has 3 rings (SSSR count). The van der Waals surface area contributed by atoms with Gasteiger partial charge in [0.15, 0.2) is 0 Å². The van der Waals surface area contributed by atoms with Crippen molar-refractivity contribution in [2.24, 2.45) is 7.05 Å². The summed E-state index contributed by atoms with van der Waals surface area (Å²) in [7, 11) is 5.23. The largest absolute Gasteiger partial charge is 0.314 e. The number of carbonyl (C=O) groups excluding carboxylic acids is 2. The highest BCUT2D eigenvalue weighted by atomic mass is 16.2. The molecule has 2 heterocycles. The first kappa shape index (κ1) is 16.2. The number of likely N-dealkylation sites (N-methyl/N-ethyl adjacent to an activating group) is 2. The molecule has 1 N–H and O–H groups in total. The first-order valence-corrected chi connectivity index (χ1v) is 7.87. The van der Waals surface area contributed by atoms with E-state index >= 15 is 0 Å². The lowest BCUT2D eigenvalue weighted by Crippen LogP contribution is -2.34. The topological polar surface area (TPSA) is 70.5 Å². The third-order valence-electron chi connectivity index (χ3n) is 4.34. The Balaban J connectivity index is 1.90. The molecule has 0 aliphatic carbocycles. The van der Waals surface area contributed by atoms with Gasteiger partial charge in [-0.05, 0) is 37.2 Å². The minimum atomic E-state index is -0.0740. The average molecular weight is 327 g/mol. The van der Waals surface area contributed by atoms with Gasteiger partial charge in [-0.3, -0.25) is 14.3 Å². The fraction of sp³-hybridized carbons (Fsp3) is 0.353. The summed E-state index contributed by atoms with van der Waals surface area (Å²) < 4.78 is 1.58. The first-order valence-electron chi connectivity index (χ1n) is 7.87. The van der Waals surface area contributed by atoms with Crippen molar-refractivity contribution in [1.29, 1.82) is 0 Å². The summed E-state index contributed by atoms with van der Waals surface area (Å²) in [4.78, 5) is 28.2. The lowest BCUT2D eigenvalue weighted by atomic mass is 10.1.